The van der Waals surface area contributed by atoms with Crippen molar-refractivity contribution in [1.29, 1.82) is 0 Å². The van der Waals surface area contributed by atoms with Crippen molar-refractivity contribution in [2.45, 2.75) is 25.4 Å². The predicted molar refractivity (Wildman–Crippen MR) is 91.4 cm³/mol. The third kappa shape index (κ3) is 3.96. The zero-order chi connectivity index (χ0) is 16.2. The van der Waals surface area contributed by atoms with E-state index in [2.05, 4.69) is 16.8 Å². The maximum atomic E-state index is 12.7. The van der Waals surface area contributed by atoms with Crippen LogP contribution in [0.25, 0.3) is 0 Å². The lowest BCUT2D eigenvalue weighted by Gasteiger charge is -2.22. The number of hydrogen-bond donors (Lipinski definition) is 1. The van der Waals surface area contributed by atoms with Gasteiger partial charge in [0.15, 0.2) is 0 Å². The van der Waals surface area contributed by atoms with Gasteiger partial charge in [-0.2, -0.15) is 11.3 Å². The van der Waals surface area contributed by atoms with E-state index in [-0.39, 0.29) is 6.03 Å². The summed E-state index contributed by atoms with van der Waals surface area (Å²) in [4.78, 5) is 14.6. The number of thiophene rings is 1. The minimum absolute atomic E-state index is 0.0889. The van der Waals surface area contributed by atoms with Crippen LogP contribution >= 0.6 is 11.3 Å². The van der Waals surface area contributed by atoms with Gasteiger partial charge < -0.3 is 19.7 Å². The highest BCUT2D eigenvalue weighted by Crippen LogP contribution is 2.31. The van der Waals surface area contributed by atoms with Gasteiger partial charge in [-0.25, -0.2) is 4.79 Å². The first-order valence-corrected chi connectivity index (χ1v) is 8.45. The summed E-state index contributed by atoms with van der Waals surface area (Å²) >= 11 is 1.65. The van der Waals surface area contributed by atoms with Crippen LogP contribution in [0.2, 0.25) is 0 Å². The molecule has 0 radical (unpaired) electrons. The van der Waals surface area contributed by atoms with Crippen molar-refractivity contribution in [3.8, 4) is 11.5 Å². The molecule has 1 fully saturated rings. The number of ether oxygens (including phenoxy) is 2. The molecule has 0 aliphatic heterocycles. The minimum atomic E-state index is -0.0889. The Labute approximate surface area is 139 Å². The Hall–Kier alpha value is -2.21. The van der Waals surface area contributed by atoms with Crippen LogP contribution in [-0.2, 0) is 6.54 Å². The SMILES string of the molecule is COc1cc(NC(=O)N(Cc2ccsc2)C2CC2)cc(OC)c1. The summed E-state index contributed by atoms with van der Waals surface area (Å²) in [5, 5.41) is 7.07. The lowest BCUT2D eigenvalue weighted by atomic mass is 10.2. The highest BCUT2D eigenvalue weighted by molar-refractivity contribution is 7.07. The lowest BCUT2D eigenvalue weighted by Crippen LogP contribution is -2.36. The smallest absolute Gasteiger partial charge is 0.322 e. The van der Waals surface area contributed by atoms with Gasteiger partial charge in [0.2, 0.25) is 0 Å². The van der Waals surface area contributed by atoms with E-state index in [1.54, 1.807) is 43.8 Å². The van der Waals surface area contributed by atoms with E-state index in [1.165, 1.54) is 5.56 Å². The van der Waals surface area contributed by atoms with Gasteiger partial charge in [-0.05, 0) is 35.2 Å². The molecular formula is C17H20N2O3S. The van der Waals surface area contributed by atoms with Crippen LogP contribution in [0.5, 0.6) is 11.5 Å². The van der Waals surface area contributed by atoms with Crippen molar-refractivity contribution in [3.63, 3.8) is 0 Å². The van der Waals surface area contributed by atoms with Gasteiger partial charge >= 0.3 is 6.03 Å². The molecule has 1 saturated carbocycles. The second kappa shape index (κ2) is 6.91. The molecular weight excluding hydrogens is 312 g/mol. The number of carbonyl (C=O) groups excluding carboxylic acids is 1. The molecule has 23 heavy (non-hydrogen) atoms. The van der Waals surface area contributed by atoms with E-state index in [1.807, 2.05) is 10.3 Å². The van der Waals surface area contributed by atoms with Gasteiger partial charge in [0.1, 0.15) is 11.5 Å². The first-order chi connectivity index (χ1) is 11.2. The Morgan fingerprint density at radius 2 is 1.96 bits per heavy atom. The minimum Gasteiger partial charge on any atom is -0.497 e. The number of carbonyl (C=O) groups is 1. The number of anilines is 1. The summed E-state index contributed by atoms with van der Waals surface area (Å²) in [6.45, 7) is 0.640. The highest BCUT2D eigenvalue weighted by Gasteiger charge is 2.32. The zero-order valence-electron chi connectivity index (χ0n) is 13.2. The molecule has 0 unspecified atom stereocenters. The summed E-state index contributed by atoms with van der Waals surface area (Å²) in [7, 11) is 3.18. The molecule has 0 bridgehead atoms. The van der Waals surface area contributed by atoms with Crippen LogP contribution < -0.4 is 14.8 Å². The quantitative estimate of drug-likeness (QED) is 0.871. The number of amides is 2. The molecule has 0 atom stereocenters. The van der Waals surface area contributed by atoms with Crippen molar-refractivity contribution in [1.82, 2.24) is 4.90 Å². The molecule has 6 heteroatoms. The molecule has 2 amide bonds. The number of urea groups is 1. The molecule has 1 N–H and O–H groups in total. The number of methoxy groups -OCH3 is 2. The van der Waals surface area contributed by atoms with E-state index in [0.29, 0.717) is 29.8 Å². The highest BCUT2D eigenvalue weighted by atomic mass is 32.1. The first-order valence-electron chi connectivity index (χ1n) is 7.51. The average molecular weight is 332 g/mol. The molecule has 1 aromatic heterocycles. The fourth-order valence-electron chi connectivity index (χ4n) is 2.41. The van der Waals surface area contributed by atoms with Crippen molar-refractivity contribution in [3.05, 3.63) is 40.6 Å². The lowest BCUT2D eigenvalue weighted by molar-refractivity contribution is 0.206. The number of hydrogen-bond acceptors (Lipinski definition) is 4. The van der Waals surface area contributed by atoms with E-state index in [4.69, 9.17) is 9.47 Å². The van der Waals surface area contributed by atoms with E-state index < -0.39 is 0 Å². The summed E-state index contributed by atoms with van der Waals surface area (Å²) < 4.78 is 10.5. The summed E-state index contributed by atoms with van der Waals surface area (Å²) in [5.74, 6) is 1.30. The number of nitrogens with zero attached hydrogens (tertiary/aromatic N) is 1. The molecule has 1 aromatic carbocycles. The van der Waals surface area contributed by atoms with Crippen molar-refractivity contribution in [2.24, 2.45) is 0 Å². The molecule has 0 saturated heterocycles. The monoisotopic (exact) mass is 332 g/mol. The molecule has 3 rings (SSSR count). The van der Waals surface area contributed by atoms with Crippen molar-refractivity contribution in [2.75, 3.05) is 19.5 Å². The number of benzene rings is 1. The Bertz CT molecular complexity index is 646. The Morgan fingerprint density at radius 3 is 2.48 bits per heavy atom. The Kier molecular flexibility index (Phi) is 4.71. The summed E-state index contributed by atoms with van der Waals surface area (Å²) in [6.07, 6.45) is 2.14. The van der Waals surface area contributed by atoms with Crippen molar-refractivity contribution < 1.29 is 14.3 Å². The van der Waals surface area contributed by atoms with Gasteiger partial charge in [0.25, 0.3) is 0 Å². The fourth-order valence-corrected chi connectivity index (χ4v) is 3.07. The second-order valence-electron chi connectivity index (χ2n) is 5.52. The van der Waals surface area contributed by atoms with Crippen LogP contribution in [0, 0.1) is 0 Å². The number of rotatable bonds is 6. The zero-order valence-corrected chi connectivity index (χ0v) is 14.1. The Balaban J connectivity index is 1.73. The van der Waals surface area contributed by atoms with E-state index in [9.17, 15) is 4.79 Å². The summed E-state index contributed by atoms with van der Waals surface area (Å²) in [5.41, 5.74) is 1.84. The van der Waals surface area contributed by atoms with Crippen LogP contribution in [0.15, 0.2) is 35.0 Å². The molecule has 5 nitrogen and oxygen atoms in total. The summed E-state index contributed by atoms with van der Waals surface area (Å²) in [6, 6.07) is 7.66. The molecule has 122 valence electrons. The van der Waals surface area contributed by atoms with Gasteiger partial charge in [0, 0.05) is 36.5 Å². The van der Waals surface area contributed by atoms with Crippen molar-refractivity contribution >= 4 is 23.1 Å². The Morgan fingerprint density at radius 1 is 1.26 bits per heavy atom. The topological polar surface area (TPSA) is 50.8 Å². The third-order valence-corrected chi connectivity index (χ3v) is 4.52. The maximum Gasteiger partial charge on any atom is 0.322 e. The van der Waals surface area contributed by atoms with Gasteiger partial charge in [0.05, 0.1) is 14.2 Å². The normalized spacial score (nSPS) is 13.5. The second-order valence-corrected chi connectivity index (χ2v) is 6.30. The molecule has 2 aromatic rings. The van der Waals surface area contributed by atoms with Crippen LogP contribution in [-0.4, -0.2) is 31.2 Å². The van der Waals surface area contributed by atoms with Crippen LogP contribution in [0.1, 0.15) is 18.4 Å². The fraction of sp³-hybridized carbons (Fsp3) is 0.353. The van der Waals surface area contributed by atoms with Crippen LogP contribution in [0.4, 0.5) is 10.5 Å². The molecule has 1 aliphatic rings. The first kappa shape index (κ1) is 15.7. The van der Waals surface area contributed by atoms with Gasteiger partial charge in [-0.15, -0.1) is 0 Å². The average Bonchev–Trinajstić information content (AvgIpc) is 3.27. The largest absolute Gasteiger partial charge is 0.497 e. The predicted octanol–water partition coefficient (Wildman–Crippen LogP) is 3.96. The third-order valence-electron chi connectivity index (χ3n) is 3.78. The van der Waals surface area contributed by atoms with E-state index in [0.717, 1.165) is 12.8 Å². The van der Waals surface area contributed by atoms with Gasteiger partial charge in [-0.3, -0.25) is 0 Å². The maximum absolute atomic E-state index is 12.7. The van der Waals surface area contributed by atoms with Gasteiger partial charge in [-0.1, -0.05) is 0 Å². The molecule has 1 heterocycles. The molecule has 1 aliphatic carbocycles. The number of nitrogens with one attached hydrogen (secondary N) is 1. The van der Waals surface area contributed by atoms with Crippen LogP contribution in [0.3, 0.4) is 0 Å². The molecule has 0 spiro atoms. The van der Waals surface area contributed by atoms with E-state index >= 15 is 0 Å². The standard InChI is InChI=1S/C17H20N2O3S/c1-21-15-7-13(8-16(9-15)22-2)18-17(20)19(14-3-4-14)10-12-5-6-23-11-12/h5-9,11,14H,3-4,10H2,1-2H3,(H,18,20).